The molecule has 0 amide bonds. The van der Waals surface area contributed by atoms with Gasteiger partial charge in [0, 0.05) is 6.20 Å². The summed E-state index contributed by atoms with van der Waals surface area (Å²) in [6.45, 7) is 0. The Morgan fingerprint density at radius 2 is 2.28 bits per heavy atom. The molecule has 0 atom stereocenters. The van der Waals surface area contributed by atoms with Crippen molar-refractivity contribution in [3.05, 3.63) is 39.7 Å². The third kappa shape index (κ3) is 1.86. The van der Waals surface area contributed by atoms with Crippen LogP contribution in [-0.4, -0.2) is 25.8 Å². The first-order chi connectivity index (χ1) is 8.63. The summed E-state index contributed by atoms with van der Waals surface area (Å²) in [5.74, 6) is -0.997. The van der Waals surface area contributed by atoms with Gasteiger partial charge in [0.05, 0.1) is 15.3 Å². The van der Waals surface area contributed by atoms with Crippen LogP contribution < -0.4 is 0 Å². The molecule has 0 saturated heterocycles. The summed E-state index contributed by atoms with van der Waals surface area (Å²) in [5, 5.41) is 13.0. The van der Waals surface area contributed by atoms with Crippen LogP contribution in [0.1, 0.15) is 10.4 Å². The number of aromatic carboxylic acids is 1. The third-order valence-electron chi connectivity index (χ3n) is 2.37. The van der Waals surface area contributed by atoms with E-state index in [2.05, 4.69) is 32.7 Å². The molecule has 2 heterocycles. The molecular formula is C11H6IN3O3. The van der Waals surface area contributed by atoms with E-state index in [0.29, 0.717) is 17.1 Å². The standard InChI is InChI=1S/C11H6IN3O3/c12-7-4-13-15(5-7)11-14-8-2-1-6(10(16)17)3-9(8)18-11/h1-5H,(H,16,17). The van der Waals surface area contributed by atoms with E-state index in [1.807, 2.05) is 0 Å². The normalized spacial score (nSPS) is 10.9. The molecule has 1 aromatic carbocycles. The van der Waals surface area contributed by atoms with Crippen molar-refractivity contribution in [3.63, 3.8) is 0 Å². The van der Waals surface area contributed by atoms with Crippen LogP contribution in [0.3, 0.4) is 0 Å². The van der Waals surface area contributed by atoms with Gasteiger partial charge in [0.2, 0.25) is 0 Å². The Balaban J connectivity index is 2.13. The molecule has 1 N–H and O–H groups in total. The Morgan fingerprint density at radius 3 is 2.94 bits per heavy atom. The molecule has 0 spiro atoms. The lowest BCUT2D eigenvalue weighted by Crippen LogP contribution is -1.94. The van der Waals surface area contributed by atoms with E-state index in [-0.39, 0.29) is 5.56 Å². The molecule has 0 saturated carbocycles. The third-order valence-corrected chi connectivity index (χ3v) is 2.93. The zero-order chi connectivity index (χ0) is 12.7. The lowest BCUT2D eigenvalue weighted by atomic mass is 10.2. The van der Waals surface area contributed by atoms with Crippen molar-refractivity contribution in [1.82, 2.24) is 14.8 Å². The minimum Gasteiger partial charge on any atom is -0.478 e. The van der Waals surface area contributed by atoms with E-state index < -0.39 is 5.97 Å². The Hall–Kier alpha value is -1.90. The van der Waals surface area contributed by atoms with Gasteiger partial charge >= 0.3 is 12.0 Å². The van der Waals surface area contributed by atoms with Crippen LogP contribution in [0.5, 0.6) is 0 Å². The zero-order valence-electron chi connectivity index (χ0n) is 8.87. The number of fused-ring (bicyclic) bond motifs is 1. The van der Waals surface area contributed by atoms with Crippen LogP contribution in [0.2, 0.25) is 0 Å². The van der Waals surface area contributed by atoms with E-state index in [4.69, 9.17) is 9.52 Å². The largest absolute Gasteiger partial charge is 0.478 e. The lowest BCUT2D eigenvalue weighted by molar-refractivity contribution is 0.0697. The van der Waals surface area contributed by atoms with Gasteiger partial charge in [-0.25, -0.2) is 4.79 Å². The average Bonchev–Trinajstić information content (AvgIpc) is 2.93. The highest BCUT2D eigenvalue weighted by atomic mass is 127. The molecule has 2 aromatic heterocycles. The minimum absolute atomic E-state index is 0.167. The summed E-state index contributed by atoms with van der Waals surface area (Å²) < 4.78 is 7.94. The number of hydrogen-bond acceptors (Lipinski definition) is 4. The van der Waals surface area contributed by atoms with Gasteiger partial charge < -0.3 is 9.52 Å². The van der Waals surface area contributed by atoms with Gasteiger partial charge in [-0.05, 0) is 40.8 Å². The number of benzene rings is 1. The highest BCUT2D eigenvalue weighted by Crippen LogP contribution is 2.19. The predicted octanol–water partition coefficient (Wildman–Crippen LogP) is 2.32. The quantitative estimate of drug-likeness (QED) is 0.714. The predicted molar refractivity (Wildman–Crippen MR) is 70.8 cm³/mol. The highest BCUT2D eigenvalue weighted by Gasteiger charge is 2.11. The molecule has 90 valence electrons. The Bertz CT molecular complexity index is 747. The molecule has 0 bridgehead atoms. The number of hydrogen-bond donors (Lipinski definition) is 1. The molecule has 0 radical (unpaired) electrons. The zero-order valence-corrected chi connectivity index (χ0v) is 11.0. The van der Waals surface area contributed by atoms with Crippen LogP contribution in [0.4, 0.5) is 0 Å². The maximum absolute atomic E-state index is 10.8. The summed E-state index contributed by atoms with van der Waals surface area (Å²) in [6.07, 6.45) is 3.45. The van der Waals surface area contributed by atoms with Gasteiger partial charge in [0.15, 0.2) is 5.58 Å². The number of carboxylic acid groups (broad SMARTS) is 1. The first-order valence-electron chi connectivity index (χ1n) is 4.98. The SMILES string of the molecule is O=C(O)c1ccc2nc(-n3cc(I)cn3)oc2c1. The molecule has 7 heteroatoms. The number of aromatic nitrogens is 3. The van der Waals surface area contributed by atoms with E-state index in [9.17, 15) is 4.79 Å². The number of carbonyl (C=O) groups is 1. The molecule has 0 fully saturated rings. The first-order valence-corrected chi connectivity index (χ1v) is 6.06. The van der Waals surface area contributed by atoms with Crippen LogP contribution in [0.15, 0.2) is 35.0 Å². The second-order valence-electron chi connectivity index (χ2n) is 3.59. The Labute approximate surface area is 114 Å². The summed E-state index contributed by atoms with van der Waals surface area (Å²) in [4.78, 5) is 15.1. The minimum atomic E-state index is -0.997. The summed E-state index contributed by atoms with van der Waals surface area (Å²) in [5.41, 5.74) is 1.19. The van der Waals surface area contributed by atoms with E-state index >= 15 is 0 Å². The number of nitrogens with zero attached hydrogens (tertiary/aromatic N) is 3. The fourth-order valence-electron chi connectivity index (χ4n) is 1.55. The van der Waals surface area contributed by atoms with Crippen LogP contribution in [-0.2, 0) is 0 Å². The van der Waals surface area contributed by atoms with Crippen LogP contribution in [0, 0.1) is 3.57 Å². The van der Waals surface area contributed by atoms with Crippen molar-refractivity contribution in [3.8, 4) is 6.01 Å². The van der Waals surface area contributed by atoms with Gasteiger partial charge in [0.1, 0.15) is 5.52 Å². The highest BCUT2D eigenvalue weighted by molar-refractivity contribution is 14.1. The van der Waals surface area contributed by atoms with E-state index in [1.54, 1.807) is 18.5 Å². The molecule has 0 aliphatic heterocycles. The number of rotatable bonds is 2. The van der Waals surface area contributed by atoms with Crippen molar-refractivity contribution in [2.45, 2.75) is 0 Å². The molecular weight excluding hydrogens is 349 g/mol. The summed E-state index contributed by atoms with van der Waals surface area (Å²) >= 11 is 2.13. The van der Waals surface area contributed by atoms with Crippen molar-refractivity contribution >= 4 is 39.7 Å². The van der Waals surface area contributed by atoms with E-state index in [0.717, 1.165) is 3.57 Å². The van der Waals surface area contributed by atoms with Gasteiger partial charge in [-0.1, -0.05) is 0 Å². The number of oxazole rings is 1. The lowest BCUT2D eigenvalue weighted by Gasteiger charge is -1.91. The maximum atomic E-state index is 10.8. The monoisotopic (exact) mass is 355 g/mol. The fourth-order valence-corrected chi connectivity index (χ4v) is 1.94. The number of halogens is 1. The smallest absolute Gasteiger partial charge is 0.335 e. The average molecular weight is 355 g/mol. The van der Waals surface area contributed by atoms with Crippen molar-refractivity contribution < 1.29 is 14.3 Å². The van der Waals surface area contributed by atoms with Gasteiger partial charge in [-0.2, -0.15) is 14.8 Å². The molecule has 0 aliphatic rings. The second kappa shape index (κ2) is 4.09. The molecule has 6 nitrogen and oxygen atoms in total. The summed E-state index contributed by atoms with van der Waals surface area (Å²) in [7, 11) is 0. The molecule has 3 rings (SSSR count). The Kier molecular flexibility index (Phi) is 2.54. The second-order valence-corrected chi connectivity index (χ2v) is 4.83. The van der Waals surface area contributed by atoms with Gasteiger partial charge in [0.25, 0.3) is 0 Å². The molecule has 0 aliphatic carbocycles. The first kappa shape index (κ1) is 11.2. The molecule has 18 heavy (non-hydrogen) atoms. The van der Waals surface area contributed by atoms with Crippen molar-refractivity contribution in [2.75, 3.05) is 0 Å². The number of carboxylic acids is 1. The maximum Gasteiger partial charge on any atom is 0.335 e. The van der Waals surface area contributed by atoms with Crippen LogP contribution >= 0.6 is 22.6 Å². The van der Waals surface area contributed by atoms with Crippen molar-refractivity contribution in [1.29, 1.82) is 0 Å². The summed E-state index contributed by atoms with van der Waals surface area (Å²) in [6, 6.07) is 4.86. The molecule has 0 unspecified atom stereocenters. The van der Waals surface area contributed by atoms with Gasteiger partial charge in [-0.3, -0.25) is 0 Å². The topological polar surface area (TPSA) is 81.1 Å². The fraction of sp³-hybridized carbons (Fsp3) is 0. The van der Waals surface area contributed by atoms with Crippen molar-refractivity contribution in [2.24, 2.45) is 0 Å². The Morgan fingerprint density at radius 1 is 1.44 bits per heavy atom. The van der Waals surface area contributed by atoms with E-state index in [1.165, 1.54) is 16.8 Å². The van der Waals surface area contributed by atoms with Crippen LogP contribution in [0.25, 0.3) is 17.1 Å². The van der Waals surface area contributed by atoms with Gasteiger partial charge in [-0.15, -0.1) is 0 Å². The molecule has 3 aromatic rings.